The van der Waals surface area contributed by atoms with Gasteiger partial charge in [-0.3, -0.25) is 9.80 Å². The van der Waals surface area contributed by atoms with E-state index in [-0.39, 0.29) is 6.42 Å². The van der Waals surface area contributed by atoms with Gasteiger partial charge in [-0.15, -0.1) is 0 Å². The minimum Gasteiger partial charge on any atom is -0.459 e. The van der Waals surface area contributed by atoms with Crippen LogP contribution in [0, 0.1) is 11.3 Å². The third-order valence-corrected chi connectivity index (χ3v) is 4.82. The van der Waals surface area contributed by atoms with E-state index in [1.54, 1.807) is 19.4 Å². The molecule has 7 nitrogen and oxygen atoms in total. The minimum absolute atomic E-state index is 0.258. The van der Waals surface area contributed by atoms with Crippen molar-refractivity contribution in [3.63, 3.8) is 0 Å². The van der Waals surface area contributed by atoms with E-state index in [1.165, 1.54) is 5.56 Å². The molecule has 7 heteroatoms. The normalized spacial score (nSPS) is 15.3. The fourth-order valence-electron chi connectivity index (χ4n) is 3.16. The van der Waals surface area contributed by atoms with Gasteiger partial charge in [-0.25, -0.2) is 4.98 Å². The molecule has 148 valence electrons. The second-order valence-electron chi connectivity index (χ2n) is 6.88. The molecule has 0 radical (unpaired) electrons. The summed E-state index contributed by atoms with van der Waals surface area (Å²) in [6, 6.07) is 12.6. The highest BCUT2D eigenvalue weighted by Crippen LogP contribution is 2.12. The smallest absolute Gasteiger partial charge is 0.316 e. The van der Waals surface area contributed by atoms with Crippen LogP contribution >= 0.6 is 0 Å². The number of benzene rings is 1. The van der Waals surface area contributed by atoms with E-state index in [9.17, 15) is 0 Å². The van der Waals surface area contributed by atoms with Gasteiger partial charge in [0.2, 0.25) is 0 Å². The van der Waals surface area contributed by atoms with Gasteiger partial charge in [-0.05, 0) is 17.2 Å². The molecule has 1 aliphatic rings. The molecular weight excluding hydrogens is 354 g/mol. The maximum absolute atomic E-state index is 8.75. The summed E-state index contributed by atoms with van der Waals surface area (Å²) in [6.07, 6.45) is 1.88. The number of ether oxygens (including phenoxy) is 2. The second kappa shape index (κ2) is 10.7. The first-order valence-corrected chi connectivity index (χ1v) is 9.60. The average molecular weight is 381 g/mol. The molecule has 1 aliphatic heterocycles. The van der Waals surface area contributed by atoms with E-state index in [0.717, 1.165) is 51.4 Å². The summed E-state index contributed by atoms with van der Waals surface area (Å²) < 4.78 is 10.8. The Bertz CT molecular complexity index is 767. The molecule has 1 fully saturated rings. The van der Waals surface area contributed by atoms with Gasteiger partial charge in [0, 0.05) is 52.6 Å². The molecule has 0 N–H and O–H groups in total. The molecule has 0 unspecified atom stereocenters. The molecule has 2 heterocycles. The average Bonchev–Trinajstić information content (AvgIpc) is 2.73. The molecule has 0 saturated carbocycles. The van der Waals surface area contributed by atoms with E-state index in [1.807, 2.05) is 0 Å². The molecule has 1 saturated heterocycles. The van der Waals surface area contributed by atoms with Gasteiger partial charge in [-0.2, -0.15) is 10.2 Å². The van der Waals surface area contributed by atoms with E-state index in [4.69, 9.17) is 14.7 Å². The molecule has 2 aromatic rings. The van der Waals surface area contributed by atoms with Crippen LogP contribution in [-0.2, 0) is 24.3 Å². The largest absolute Gasteiger partial charge is 0.459 e. The molecule has 0 aliphatic carbocycles. The predicted molar refractivity (Wildman–Crippen MR) is 106 cm³/mol. The fraction of sp³-hybridized carbons (Fsp3) is 0.476. The third-order valence-electron chi connectivity index (χ3n) is 4.82. The summed E-state index contributed by atoms with van der Waals surface area (Å²) in [5.41, 5.74) is 3.05. The molecular formula is C21H27N5O2. The Morgan fingerprint density at radius 1 is 1.04 bits per heavy atom. The van der Waals surface area contributed by atoms with Crippen LogP contribution < -0.4 is 4.74 Å². The molecule has 0 atom stereocenters. The number of nitrogens with zero attached hydrogens (tertiary/aromatic N) is 5. The van der Waals surface area contributed by atoms with E-state index < -0.39 is 0 Å². The molecule has 0 amide bonds. The molecule has 3 rings (SSSR count). The molecule has 1 aromatic carbocycles. The number of rotatable bonds is 9. The number of nitriles is 1. The lowest BCUT2D eigenvalue weighted by Gasteiger charge is -2.34. The van der Waals surface area contributed by atoms with Crippen LogP contribution in [-0.4, -0.2) is 66.2 Å². The Hall–Kier alpha value is -2.53. The van der Waals surface area contributed by atoms with Gasteiger partial charge in [0.05, 0.1) is 24.8 Å². The monoisotopic (exact) mass is 381 g/mol. The highest BCUT2D eigenvalue weighted by molar-refractivity contribution is 5.22. The Morgan fingerprint density at radius 2 is 1.75 bits per heavy atom. The zero-order valence-corrected chi connectivity index (χ0v) is 16.4. The Balaban J connectivity index is 1.44. The van der Waals surface area contributed by atoms with Crippen LogP contribution in [0.5, 0.6) is 6.01 Å². The van der Waals surface area contributed by atoms with Crippen molar-refractivity contribution in [3.05, 3.63) is 53.3 Å². The van der Waals surface area contributed by atoms with Crippen molar-refractivity contribution in [2.24, 2.45) is 0 Å². The molecule has 0 spiro atoms. The maximum atomic E-state index is 8.75. The summed E-state index contributed by atoms with van der Waals surface area (Å²) in [5, 5.41) is 8.75. The highest BCUT2D eigenvalue weighted by atomic mass is 16.5. The Labute approximate surface area is 166 Å². The fourth-order valence-corrected chi connectivity index (χ4v) is 3.16. The number of aromatic nitrogens is 2. The lowest BCUT2D eigenvalue weighted by atomic mass is 10.1. The number of hydrogen-bond donors (Lipinski definition) is 0. The highest BCUT2D eigenvalue weighted by Gasteiger charge is 2.16. The molecule has 0 bridgehead atoms. The van der Waals surface area contributed by atoms with E-state index in [0.29, 0.717) is 18.3 Å². The van der Waals surface area contributed by atoms with Gasteiger partial charge in [0.25, 0.3) is 0 Å². The lowest BCUT2D eigenvalue weighted by molar-refractivity contribution is 0.0938. The second-order valence-corrected chi connectivity index (χ2v) is 6.88. The third kappa shape index (κ3) is 6.27. The number of hydrogen-bond acceptors (Lipinski definition) is 7. The first-order chi connectivity index (χ1) is 13.8. The molecule has 1 aromatic heterocycles. The zero-order chi connectivity index (χ0) is 19.6. The Morgan fingerprint density at radius 3 is 2.46 bits per heavy atom. The summed E-state index contributed by atoms with van der Waals surface area (Å²) in [7, 11) is 1.75. The van der Waals surface area contributed by atoms with Gasteiger partial charge in [0.15, 0.2) is 0 Å². The van der Waals surface area contributed by atoms with Crippen LogP contribution in [0.4, 0.5) is 0 Å². The van der Waals surface area contributed by atoms with Crippen molar-refractivity contribution in [1.82, 2.24) is 19.8 Å². The van der Waals surface area contributed by atoms with E-state index in [2.05, 4.69) is 50.1 Å². The van der Waals surface area contributed by atoms with E-state index >= 15 is 0 Å². The van der Waals surface area contributed by atoms with Crippen molar-refractivity contribution in [2.45, 2.75) is 19.6 Å². The summed E-state index contributed by atoms with van der Waals surface area (Å²) in [5.74, 6) is 0. The van der Waals surface area contributed by atoms with Crippen molar-refractivity contribution in [3.8, 4) is 12.1 Å². The first kappa shape index (κ1) is 20.2. The van der Waals surface area contributed by atoms with Crippen LogP contribution in [0.15, 0.2) is 36.5 Å². The van der Waals surface area contributed by atoms with Crippen molar-refractivity contribution in [1.29, 1.82) is 5.26 Å². The van der Waals surface area contributed by atoms with Crippen LogP contribution in [0.1, 0.15) is 16.8 Å². The number of methoxy groups -OCH3 is 1. The van der Waals surface area contributed by atoms with Crippen LogP contribution in [0.25, 0.3) is 0 Å². The molecule has 28 heavy (non-hydrogen) atoms. The van der Waals surface area contributed by atoms with Crippen molar-refractivity contribution >= 4 is 0 Å². The Kier molecular flexibility index (Phi) is 7.73. The van der Waals surface area contributed by atoms with Gasteiger partial charge >= 0.3 is 6.01 Å². The minimum atomic E-state index is 0.258. The maximum Gasteiger partial charge on any atom is 0.316 e. The SMILES string of the molecule is COCCN1CCN(Cc2ccc(COc3nccc(CC#N)n3)cc2)CC1. The summed E-state index contributed by atoms with van der Waals surface area (Å²) in [6.45, 7) is 7.57. The van der Waals surface area contributed by atoms with Gasteiger partial charge < -0.3 is 9.47 Å². The van der Waals surface area contributed by atoms with Crippen LogP contribution in [0.3, 0.4) is 0 Å². The topological polar surface area (TPSA) is 74.5 Å². The zero-order valence-electron chi connectivity index (χ0n) is 16.4. The van der Waals surface area contributed by atoms with Gasteiger partial charge in [0.1, 0.15) is 6.61 Å². The standard InChI is InChI=1S/C21H27N5O2/c1-27-15-14-25-10-12-26(13-11-25)16-18-2-4-19(5-3-18)17-28-21-23-9-7-20(24-21)6-8-22/h2-5,7,9H,6,10-17H2,1H3. The summed E-state index contributed by atoms with van der Waals surface area (Å²) >= 11 is 0. The quantitative estimate of drug-likeness (QED) is 0.656. The van der Waals surface area contributed by atoms with Crippen molar-refractivity contribution in [2.75, 3.05) is 46.4 Å². The first-order valence-electron chi connectivity index (χ1n) is 9.60. The van der Waals surface area contributed by atoms with Gasteiger partial charge in [-0.1, -0.05) is 24.3 Å². The lowest BCUT2D eigenvalue weighted by Crippen LogP contribution is -2.46. The van der Waals surface area contributed by atoms with Crippen molar-refractivity contribution < 1.29 is 9.47 Å². The summed E-state index contributed by atoms with van der Waals surface area (Å²) in [4.78, 5) is 13.3. The number of piperazine rings is 1. The predicted octanol–water partition coefficient (Wildman–Crippen LogP) is 1.89. The van der Waals surface area contributed by atoms with Crippen LogP contribution in [0.2, 0.25) is 0 Å².